The number of para-hydroxylation sites is 1. The van der Waals surface area contributed by atoms with Crippen molar-refractivity contribution in [1.82, 2.24) is 10.4 Å². The number of fused-ring (bicyclic) bond motifs is 3. The van der Waals surface area contributed by atoms with E-state index in [1.54, 1.807) is 14.2 Å². The third-order valence-corrected chi connectivity index (χ3v) is 5.66. The number of ether oxygens (including phenoxy) is 3. The molecule has 0 aliphatic carbocycles. The minimum absolute atomic E-state index is 0.0596. The maximum Gasteiger partial charge on any atom is 0.195 e. The number of rotatable bonds is 4. The van der Waals surface area contributed by atoms with Crippen LogP contribution in [0.15, 0.2) is 72.8 Å². The van der Waals surface area contributed by atoms with Gasteiger partial charge in [-0.1, -0.05) is 48.0 Å². The number of hydrogen-bond donors (Lipinski definition) is 1. The highest BCUT2D eigenvalue weighted by Crippen LogP contribution is 2.46. The molecule has 0 bridgehead atoms. The van der Waals surface area contributed by atoms with Crippen molar-refractivity contribution in [1.29, 1.82) is 0 Å². The van der Waals surface area contributed by atoms with Crippen molar-refractivity contribution in [3.63, 3.8) is 0 Å². The molecule has 2 unspecified atom stereocenters. The third kappa shape index (κ3) is 3.08. The van der Waals surface area contributed by atoms with Crippen molar-refractivity contribution in [3.8, 4) is 17.2 Å². The van der Waals surface area contributed by atoms with Crippen molar-refractivity contribution in [2.24, 2.45) is 0 Å². The molecule has 3 aromatic carbocycles. The van der Waals surface area contributed by atoms with Crippen LogP contribution < -0.4 is 19.6 Å². The van der Waals surface area contributed by atoms with E-state index in [4.69, 9.17) is 14.2 Å². The fourth-order valence-corrected chi connectivity index (χ4v) is 4.06. The van der Waals surface area contributed by atoms with Gasteiger partial charge in [0.2, 0.25) is 0 Å². The molecule has 2 aliphatic rings. The second kappa shape index (κ2) is 7.43. The molecule has 5 rings (SSSR count). The molecule has 3 aromatic rings. The molecule has 0 saturated heterocycles. The summed E-state index contributed by atoms with van der Waals surface area (Å²) in [6.07, 6.45) is 2.00. The van der Waals surface area contributed by atoms with E-state index in [9.17, 15) is 0 Å². The van der Waals surface area contributed by atoms with Gasteiger partial charge in [0.15, 0.2) is 17.7 Å². The highest BCUT2D eigenvalue weighted by atomic mass is 16.5. The summed E-state index contributed by atoms with van der Waals surface area (Å²) >= 11 is 0. The zero-order chi connectivity index (χ0) is 20.7. The van der Waals surface area contributed by atoms with Gasteiger partial charge in [0.1, 0.15) is 5.75 Å². The molecule has 5 heteroatoms. The van der Waals surface area contributed by atoms with E-state index in [0.717, 1.165) is 28.1 Å². The molecule has 1 N–H and O–H groups in total. The molecule has 0 saturated carbocycles. The maximum absolute atomic E-state index is 6.42. The number of methoxy groups -OCH3 is 2. The second-order valence-corrected chi connectivity index (χ2v) is 7.53. The fourth-order valence-electron chi connectivity index (χ4n) is 4.06. The zero-order valence-corrected chi connectivity index (χ0v) is 17.3. The van der Waals surface area contributed by atoms with Crippen LogP contribution in [0.5, 0.6) is 17.2 Å². The number of nitrogens with one attached hydrogen (secondary N) is 1. The van der Waals surface area contributed by atoms with Crippen LogP contribution >= 0.6 is 0 Å². The fraction of sp³-hybridized carbons (Fsp3) is 0.200. The SMILES string of the molecule is COc1ccc(C2=CC3c4ccccc4OC(c4ccc(C)cc4)N3N2)cc1OC. The first-order valence-electron chi connectivity index (χ1n) is 9.99. The molecule has 0 spiro atoms. The van der Waals surface area contributed by atoms with Gasteiger partial charge >= 0.3 is 0 Å². The second-order valence-electron chi connectivity index (χ2n) is 7.53. The summed E-state index contributed by atoms with van der Waals surface area (Å²) < 4.78 is 17.3. The summed E-state index contributed by atoms with van der Waals surface area (Å²) in [6, 6.07) is 22.7. The smallest absolute Gasteiger partial charge is 0.195 e. The van der Waals surface area contributed by atoms with E-state index in [1.165, 1.54) is 5.56 Å². The average Bonchev–Trinajstić information content (AvgIpc) is 3.24. The quantitative estimate of drug-likeness (QED) is 0.667. The first kappa shape index (κ1) is 18.6. The summed E-state index contributed by atoms with van der Waals surface area (Å²) in [4.78, 5) is 0. The van der Waals surface area contributed by atoms with Gasteiger partial charge in [-0.05, 0) is 37.3 Å². The Kier molecular flexibility index (Phi) is 4.60. The van der Waals surface area contributed by atoms with E-state index in [0.29, 0.717) is 11.5 Å². The minimum Gasteiger partial charge on any atom is -0.493 e. The van der Waals surface area contributed by atoms with Gasteiger partial charge in [0.05, 0.1) is 26.0 Å². The molecule has 2 heterocycles. The molecule has 2 aliphatic heterocycles. The summed E-state index contributed by atoms with van der Waals surface area (Å²) in [5.74, 6) is 2.33. The van der Waals surface area contributed by atoms with Gasteiger partial charge in [-0.2, -0.15) is 5.01 Å². The molecule has 0 radical (unpaired) electrons. The van der Waals surface area contributed by atoms with Crippen LogP contribution in [0.2, 0.25) is 0 Å². The molecule has 5 nitrogen and oxygen atoms in total. The van der Waals surface area contributed by atoms with Gasteiger partial charge < -0.3 is 19.6 Å². The Morgan fingerprint density at radius 3 is 2.43 bits per heavy atom. The van der Waals surface area contributed by atoms with Crippen LogP contribution in [-0.4, -0.2) is 19.2 Å². The van der Waals surface area contributed by atoms with Gasteiger partial charge in [-0.15, -0.1) is 0 Å². The summed E-state index contributed by atoms with van der Waals surface area (Å²) in [5.41, 5.74) is 9.09. The predicted molar refractivity (Wildman–Crippen MR) is 116 cm³/mol. The van der Waals surface area contributed by atoms with Gasteiger partial charge in [-0.3, -0.25) is 0 Å². The molecule has 152 valence electrons. The monoisotopic (exact) mass is 400 g/mol. The van der Waals surface area contributed by atoms with Crippen molar-refractivity contribution in [2.45, 2.75) is 19.2 Å². The maximum atomic E-state index is 6.42. The van der Waals surface area contributed by atoms with Gasteiger partial charge in [0.25, 0.3) is 0 Å². The topological polar surface area (TPSA) is 43.0 Å². The van der Waals surface area contributed by atoms with Crippen LogP contribution in [0.25, 0.3) is 5.70 Å². The van der Waals surface area contributed by atoms with Crippen LogP contribution in [-0.2, 0) is 0 Å². The largest absolute Gasteiger partial charge is 0.493 e. The lowest BCUT2D eigenvalue weighted by Gasteiger charge is -2.39. The first-order chi connectivity index (χ1) is 14.7. The molecule has 0 amide bonds. The van der Waals surface area contributed by atoms with E-state index in [2.05, 4.69) is 59.8 Å². The van der Waals surface area contributed by atoms with E-state index in [-0.39, 0.29) is 12.3 Å². The van der Waals surface area contributed by atoms with Crippen molar-refractivity contribution < 1.29 is 14.2 Å². The Balaban J connectivity index is 1.56. The molecular weight excluding hydrogens is 376 g/mol. The Morgan fingerprint density at radius 1 is 0.900 bits per heavy atom. The predicted octanol–water partition coefficient (Wildman–Crippen LogP) is 5.01. The summed E-state index contributed by atoms with van der Waals surface area (Å²) in [6.45, 7) is 2.09. The molecule has 0 fully saturated rings. The van der Waals surface area contributed by atoms with Crippen LogP contribution in [0.3, 0.4) is 0 Å². The molecular formula is C25H24N2O3. The normalized spacial score (nSPS) is 19.8. The number of aryl methyl sites for hydroxylation is 1. The van der Waals surface area contributed by atoms with Crippen LogP contribution in [0.1, 0.15) is 34.5 Å². The highest BCUT2D eigenvalue weighted by molar-refractivity contribution is 5.69. The number of hydrazine groups is 1. The first-order valence-corrected chi connectivity index (χ1v) is 9.99. The third-order valence-electron chi connectivity index (χ3n) is 5.66. The highest BCUT2D eigenvalue weighted by Gasteiger charge is 2.40. The van der Waals surface area contributed by atoms with Crippen molar-refractivity contribution >= 4 is 5.70 Å². The van der Waals surface area contributed by atoms with E-state index >= 15 is 0 Å². The number of benzene rings is 3. The lowest BCUT2D eigenvalue weighted by atomic mass is 10.0. The van der Waals surface area contributed by atoms with Crippen LogP contribution in [0.4, 0.5) is 0 Å². The van der Waals surface area contributed by atoms with Crippen LogP contribution in [0, 0.1) is 6.92 Å². The standard InChI is InChI=1S/C25H24N2O3/c1-16-8-10-17(11-9-16)25-27-21(19-6-4-5-7-22(19)30-25)15-20(26-27)18-12-13-23(28-2)24(14-18)29-3/h4-15,21,25-26H,1-3H3. The lowest BCUT2D eigenvalue weighted by molar-refractivity contribution is -0.0326. The van der Waals surface area contributed by atoms with Crippen molar-refractivity contribution in [2.75, 3.05) is 14.2 Å². The Hall–Kier alpha value is -3.44. The Bertz CT molecular complexity index is 1110. The molecule has 0 aromatic heterocycles. The summed E-state index contributed by atoms with van der Waals surface area (Å²) in [5, 5.41) is 2.17. The van der Waals surface area contributed by atoms with Gasteiger partial charge in [-0.25, -0.2) is 0 Å². The zero-order valence-electron chi connectivity index (χ0n) is 17.3. The average molecular weight is 400 g/mol. The van der Waals surface area contributed by atoms with E-state index in [1.807, 2.05) is 30.3 Å². The molecule has 2 atom stereocenters. The Morgan fingerprint density at radius 2 is 1.67 bits per heavy atom. The van der Waals surface area contributed by atoms with E-state index < -0.39 is 0 Å². The van der Waals surface area contributed by atoms with Crippen molar-refractivity contribution in [3.05, 3.63) is 95.1 Å². The number of hydrogen-bond acceptors (Lipinski definition) is 5. The lowest BCUT2D eigenvalue weighted by Crippen LogP contribution is -2.43. The molecule has 30 heavy (non-hydrogen) atoms. The van der Waals surface area contributed by atoms with Gasteiger partial charge in [0, 0.05) is 16.7 Å². The Labute approximate surface area is 176 Å². The minimum atomic E-state index is -0.237. The summed E-state index contributed by atoms with van der Waals surface area (Å²) in [7, 11) is 3.30. The number of nitrogens with zero attached hydrogens (tertiary/aromatic N) is 1.